The van der Waals surface area contributed by atoms with Crippen molar-refractivity contribution in [2.45, 2.75) is 6.04 Å². The van der Waals surface area contributed by atoms with Crippen LogP contribution < -0.4 is 23.8 Å². The van der Waals surface area contributed by atoms with E-state index in [0.717, 1.165) is 0 Å². The second-order valence-electron chi connectivity index (χ2n) is 8.09. The Hall–Kier alpha value is -3.98. The van der Waals surface area contributed by atoms with Gasteiger partial charge in [-0.15, -0.1) is 0 Å². The lowest BCUT2D eigenvalue weighted by molar-refractivity contribution is -0.132. The molecule has 0 bridgehead atoms. The van der Waals surface area contributed by atoms with Crippen molar-refractivity contribution in [1.29, 1.82) is 0 Å². The first kappa shape index (κ1) is 23.7. The summed E-state index contributed by atoms with van der Waals surface area (Å²) in [5.74, 6) is 0.143. The van der Waals surface area contributed by atoms with Crippen LogP contribution in [0.15, 0.2) is 70.7 Å². The predicted octanol–water partition coefficient (Wildman–Crippen LogP) is 4.86. The van der Waals surface area contributed by atoms with Crippen LogP contribution in [-0.4, -0.2) is 44.2 Å². The van der Waals surface area contributed by atoms with Crippen LogP contribution in [0.2, 0.25) is 0 Å². The van der Waals surface area contributed by atoms with E-state index in [2.05, 4.69) is 15.9 Å². The molecule has 1 fully saturated rings. The van der Waals surface area contributed by atoms with Gasteiger partial charge in [0, 0.05) is 22.9 Å². The van der Waals surface area contributed by atoms with Gasteiger partial charge in [-0.2, -0.15) is 0 Å². The Kier molecular flexibility index (Phi) is 6.32. The van der Waals surface area contributed by atoms with Gasteiger partial charge in [0.1, 0.15) is 30.5 Å². The highest BCUT2D eigenvalue weighted by Crippen LogP contribution is 2.46. The van der Waals surface area contributed by atoms with Crippen molar-refractivity contribution < 1.29 is 33.6 Å². The maximum atomic E-state index is 13.5. The average Bonchev–Trinajstić information content (AvgIpc) is 3.17. The summed E-state index contributed by atoms with van der Waals surface area (Å²) in [5.41, 5.74) is 1.26. The summed E-state index contributed by atoms with van der Waals surface area (Å²) in [7, 11) is 3.04. The first-order valence-corrected chi connectivity index (χ1v) is 11.9. The van der Waals surface area contributed by atoms with E-state index >= 15 is 0 Å². The molecule has 0 aromatic heterocycles. The molecule has 2 aliphatic heterocycles. The van der Waals surface area contributed by atoms with Crippen LogP contribution in [0.25, 0.3) is 5.76 Å². The van der Waals surface area contributed by atoms with Crippen molar-refractivity contribution in [3.8, 4) is 23.0 Å². The molecule has 9 heteroatoms. The van der Waals surface area contributed by atoms with Gasteiger partial charge in [0.25, 0.3) is 11.7 Å². The number of fused-ring (bicyclic) bond motifs is 1. The van der Waals surface area contributed by atoms with E-state index in [0.29, 0.717) is 57.5 Å². The summed E-state index contributed by atoms with van der Waals surface area (Å²) in [4.78, 5) is 28.3. The maximum Gasteiger partial charge on any atom is 0.300 e. The van der Waals surface area contributed by atoms with E-state index in [9.17, 15) is 14.7 Å². The molecule has 0 aliphatic carbocycles. The van der Waals surface area contributed by atoms with Gasteiger partial charge in [0.2, 0.25) is 0 Å². The third kappa shape index (κ3) is 3.95. The van der Waals surface area contributed by atoms with E-state index < -0.39 is 17.7 Å². The van der Waals surface area contributed by atoms with Crippen LogP contribution in [0, 0.1) is 0 Å². The van der Waals surface area contributed by atoms with E-state index in [4.69, 9.17) is 18.9 Å². The van der Waals surface area contributed by atoms with Crippen LogP contribution in [0.5, 0.6) is 23.0 Å². The predicted molar refractivity (Wildman–Crippen MR) is 136 cm³/mol. The van der Waals surface area contributed by atoms with Crippen LogP contribution in [0.3, 0.4) is 0 Å². The quantitative estimate of drug-likeness (QED) is 0.275. The normalized spacial score (nSPS) is 18.3. The molecule has 1 unspecified atom stereocenters. The van der Waals surface area contributed by atoms with Crippen molar-refractivity contribution in [3.05, 3.63) is 81.8 Å². The number of carbonyl (C=O) groups is 2. The number of benzene rings is 3. The van der Waals surface area contributed by atoms with Gasteiger partial charge in [0.15, 0.2) is 11.5 Å². The number of methoxy groups -OCH3 is 2. The fraction of sp³-hybridized carbons (Fsp3) is 0.185. The maximum absolute atomic E-state index is 13.5. The molecule has 0 spiro atoms. The average molecular weight is 552 g/mol. The lowest BCUT2D eigenvalue weighted by Gasteiger charge is -2.28. The highest BCUT2D eigenvalue weighted by molar-refractivity contribution is 9.10. The van der Waals surface area contributed by atoms with E-state index in [1.807, 2.05) is 0 Å². The lowest BCUT2D eigenvalue weighted by Crippen LogP contribution is -2.30. The molecule has 0 radical (unpaired) electrons. The number of rotatable bonds is 5. The van der Waals surface area contributed by atoms with Gasteiger partial charge in [-0.3, -0.25) is 14.5 Å². The van der Waals surface area contributed by atoms with Crippen molar-refractivity contribution in [1.82, 2.24) is 0 Å². The Balaban J connectivity index is 1.72. The number of ketones is 1. The zero-order valence-electron chi connectivity index (χ0n) is 19.5. The molecule has 2 heterocycles. The minimum atomic E-state index is -0.954. The first-order chi connectivity index (χ1) is 17.4. The summed E-state index contributed by atoms with van der Waals surface area (Å²) in [6.07, 6.45) is 0. The van der Waals surface area contributed by atoms with E-state index in [-0.39, 0.29) is 11.3 Å². The zero-order chi connectivity index (χ0) is 25.4. The van der Waals surface area contributed by atoms with Gasteiger partial charge in [-0.1, -0.05) is 18.2 Å². The second-order valence-corrected chi connectivity index (χ2v) is 8.94. The number of hydrogen-bond donors (Lipinski definition) is 1. The molecule has 36 heavy (non-hydrogen) atoms. The van der Waals surface area contributed by atoms with Crippen molar-refractivity contribution in [2.24, 2.45) is 0 Å². The third-order valence-electron chi connectivity index (χ3n) is 6.11. The third-order valence-corrected chi connectivity index (χ3v) is 6.73. The van der Waals surface area contributed by atoms with Crippen molar-refractivity contribution in [2.75, 3.05) is 32.3 Å². The number of anilines is 1. The van der Waals surface area contributed by atoms with Crippen LogP contribution >= 0.6 is 15.9 Å². The first-order valence-electron chi connectivity index (χ1n) is 11.1. The molecule has 1 saturated heterocycles. The number of Topliss-reactive ketones (excluding diaryl/α,β-unsaturated/α-hetero) is 1. The Morgan fingerprint density at radius 1 is 0.944 bits per heavy atom. The Morgan fingerprint density at radius 3 is 2.39 bits per heavy atom. The molecule has 184 valence electrons. The topological polar surface area (TPSA) is 94.5 Å². The molecule has 0 saturated carbocycles. The summed E-state index contributed by atoms with van der Waals surface area (Å²) >= 11 is 3.41. The molecular formula is C27H22BrNO7. The molecule has 1 amide bonds. The second kappa shape index (κ2) is 9.58. The largest absolute Gasteiger partial charge is 0.507 e. The van der Waals surface area contributed by atoms with Crippen LogP contribution in [-0.2, 0) is 9.59 Å². The summed E-state index contributed by atoms with van der Waals surface area (Å²) < 4.78 is 22.7. The molecular weight excluding hydrogens is 530 g/mol. The van der Waals surface area contributed by atoms with Gasteiger partial charge in [-0.25, -0.2) is 0 Å². The number of carbonyl (C=O) groups excluding carboxylic acids is 2. The number of ether oxygens (including phenoxy) is 4. The highest BCUT2D eigenvalue weighted by Gasteiger charge is 2.48. The van der Waals surface area contributed by atoms with E-state index in [1.165, 1.54) is 19.1 Å². The molecule has 1 atom stereocenters. The number of aliphatic hydroxyl groups is 1. The molecule has 2 aliphatic rings. The van der Waals surface area contributed by atoms with Gasteiger partial charge < -0.3 is 24.1 Å². The molecule has 5 rings (SSSR count). The number of aliphatic hydroxyl groups excluding tert-OH is 1. The van der Waals surface area contributed by atoms with Crippen molar-refractivity contribution in [3.63, 3.8) is 0 Å². The summed E-state index contributed by atoms with van der Waals surface area (Å²) in [6, 6.07) is 16.1. The smallest absolute Gasteiger partial charge is 0.300 e. The number of para-hydroxylation sites is 1. The van der Waals surface area contributed by atoms with Gasteiger partial charge in [-0.05, 0) is 52.3 Å². The summed E-state index contributed by atoms with van der Waals surface area (Å²) in [6.45, 7) is 0.799. The monoisotopic (exact) mass is 551 g/mol. The minimum absolute atomic E-state index is 0.0588. The fourth-order valence-corrected chi connectivity index (χ4v) is 4.98. The Bertz CT molecular complexity index is 1400. The molecule has 3 aromatic carbocycles. The number of amides is 1. The number of hydrogen-bond acceptors (Lipinski definition) is 7. The fourth-order valence-electron chi connectivity index (χ4n) is 4.44. The molecule has 8 nitrogen and oxygen atoms in total. The molecule has 1 N–H and O–H groups in total. The van der Waals surface area contributed by atoms with Crippen LogP contribution in [0.1, 0.15) is 17.2 Å². The lowest BCUT2D eigenvalue weighted by atomic mass is 9.94. The number of nitrogens with zero attached hydrogens (tertiary/aromatic N) is 1. The highest BCUT2D eigenvalue weighted by atomic mass is 79.9. The van der Waals surface area contributed by atoms with Crippen molar-refractivity contribution >= 4 is 39.1 Å². The molecule has 3 aromatic rings. The SMILES string of the molecule is COc1ccc(/C(O)=C2\C(=O)C(=O)N(c3ccc4c(c3)OCCO4)C2c2ccccc2OC)cc1Br. The van der Waals surface area contributed by atoms with Gasteiger partial charge in [0.05, 0.1) is 30.3 Å². The zero-order valence-corrected chi connectivity index (χ0v) is 21.1. The Labute approximate surface area is 215 Å². The number of halogens is 1. The Morgan fingerprint density at radius 2 is 1.67 bits per heavy atom. The standard InChI is InChI=1S/C27H22BrNO7/c1-33-19-6-4-3-5-17(19)24-23(25(30)15-7-9-20(34-2)18(28)13-15)26(31)27(32)29(24)16-8-10-21-22(14-16)36-12-11-35-21/h3-10,13-14,24,30H,11-12H2,1-2H3/b25-23+. The minimum Gasteiger partial charge on any atom is -0.507 e. The van der Waals surface area contributed by atoms with Crippen LogP contribution in [0.4, 0.5) is 5.69 Å². The van der Waals surface area contributed by atoms with Gasteiger partial charge >= 0.3 is 0 Å². The van der Waals surface area contributed by atoms with E-state index in [1.54, 1.807) is 60.7 Å². The summed E-state index contributed by atoms with van der Waals surface area (Å²) in [5, 5.41) is 11.4.